The smallest absolute Gasteiger partial charge is 0.254 e. The number of benzene rings is 2. The van der Waals surface area contributed by atoms with Gasteiger partial charge in [0.1, 0.15) is 6.54 Å². The highest BCUT2D eigenvalue weighted by molar-refractivity contribution is 7.99. The summed E-state index contributed by atoms with van der Waals surface area (Å²) in [6.07, 6.45) is 0.867. The summed E-state index contributed by atoms with van der Waals surface area (Å²) < 4.78 is 1.43. The Hall–Kier alpha value is -2.86. The van der Waals surface area contributed by atoms with Gasteiger partial charge in [0, 0.05) is 23.2 Å². The van der Waals surface area contributed by atoms with Crippen LogP contribution in [0.5, 0.6) is 0 Å². The zero-order valence-electron chi connectivity index (χ0n) is 15.1. The summed E-state index contributed by atoms with van der Waals surface area (Å²) in [5.41, 5.74) is 2.37. The molecule has 1 heterocycles. The first-order valence-electron chi connectivity index (χ1n) is 8.72. The Balaban J connectivity index is 1.70. The molecule has 0 spiro atoms. The van der Waals surface area contributed by atoms with Crippen LogP contribution in [-0.2, 0) is 17.8 Å². The summed E-state index contributed by atoms with van der Waals surface area (Å²) in [6, 6.07) is 20.8. The average Bonchev–Trinajstić information content (AvgIpc) is 2.66. The highest BCUT2D eigenvalue weighted by Crippen LogP contribution is 2.17. The van der Waals surface area contributed by atoms with Crippen molar-refractivity contribution in [2.75, 3.05) is 11.1 Å². The first kappa shape index (κ1) is 18.9. The number of aryl methyl sites for hydroxylation is 2. The fourth-order valence-corrected chi connectivity index (χ4v) is 3.66. The predicted molar refractivity (Wildman–Crippen MR) is 109 cm³/mol. The van der Waals surface area contributed by atoms with Crippen molar-refractivity contribution in [2.24, 2.45) is 0 Å². The topological polar surface area (TPSA) is 64.0 Å². The molecule has 0 aliphatic heterocycles. The van der Waals surface area contributed by atoms with Crippen molar-refractivity contribution >= 4 is 23.4 Å². The standard InChI is InChI=1S/C21H21N3O2S/c1-16-14-20(26)24(15-19(25)23-18-10-6-3-7-11-18)21(22-16)27-13-12-17-8-4-2-5-9-17/h2-11,14H,12-13,15H2,1H3,(H,23,25). The Morgan fingerprint density at radius 2 is 1.74 bits per heavy atom. The van der Waals surface area contributed by atoms with Gasteiger partial charge in [0.05, 0.1) is 0 Å². The molecule has 0 unspecified atom stereocenters. The Morgan fingerprint density at radius 1 is 1.07 bits per heavy atom. The zero-order chi connectivity index (χ0) is 19.1. The third-order valence-corrected chi connectivity index (χ3v) is 4.90. The van der Waals surface area contributed by atoms with Crippen LogP contribution in [0.25, 0.3) is 0 Å². The van der Waals surface area contributed by atoms with Crippen LogP contribution in [0.15, 0.2) is 76.7 Å². The van der Waals surface area contributed by atoms with Crippen molar-refractivity contribution in [2.45, 2.75) is 25.0 Å². The SMILES string of the molecule is Cc1cc(=O)n(CC(=O)Nc2ccccc2)c(SCCc2ccccc2)n1. The number of nitrogens with one attached hydrogen (secondary N) is 1. The number of hydrogen-bond donors (Lipinski definition) is 1. The van der Waals surface area contributed by atoms with Crippen LogP contribution in [-0.4, -0.2) is 21.2 Å². The van der Waals surface area contributed by atoms with Crippen molar-refractivity contribution < 1.29 is 4.79 Å². The van der Waals surface area contributed by atoms with Crippen molar-refractivity contribution in [3.8, 4) is 0 Å². The van der Waals surface area contributed by atoms with Crippen LogP contribution in [0.3, 0.4) is 0 Å². The van der Waals surface area contributed by atoms with Gasteiger partial charge in [-0.1, -0.05) is 60.3 Å². The number of rotatable bonds is 7. The monoisotopic (exact) mass is 379 g/mol. The second kappa shape index (κ2) is 9.19. The predicted octanol–water partition coefficient (Wildman–Crippen LogP) is 3.53. The van der Waals surface area contributed by atoms with Gasteiger partial charge < -0.3 is 5.32 Å². The molecule has 27 heavy (non-hydrogen) atoms. The number of carbonyl (C=O) groups excluding carboxylic acids is 1. The third-order valence-electron chi connectivity index (χ3n) is 3.93. The van der Waals surface area contributed by atoms with E-state index in [2.05, 4.69) is 22.4 Å². The molecule has 0 saturated heterocycles. The van der Waals surface area contributed by atoms with Gasteiger partial charge in [0.2, 0.25) is 5.91 Å². The number of anilines is 1. The molecule has 1 amide bonds. The van der Waals surface area contributed by atoms with E-state index in [1.165, 1.54) is 28.0 Å². The highest BCUT2D eigenvalue weighted by Gasteiger charge is 2.12. The van der Waals surface area contributed by atoms with Gasteiger partial charge >= 0.3 is 0 Å². The van der Waals surface area contributed by atoms with Crippen LogP contribution in [0.4, 0.5) is 5.69 Å². The van der Waals surface area contributed by atoms with Crippen LogP contribution >= 0.6 is 11.8 Å². The Labute approximate surface area is 162 Å². The molecule has 0 aliphatic carbocycles. The second-order valence-corrected chi connectivity index (χ2v) is 7.16. The fraction of sp³-hybridized carbons (Fsp3) is 0.190. The number of aromatic nitrogens is 2. The van der Waals surface area contributed by atoms with E-state index in [4.69, 9.17) is 0 Å². The van der Waals surface area contributed by atoms with Crippen LogP contribution in [0, 0.1) is 6.92 Å². The van der Waals surface area contributed by atoms with E-state index in [0.29, 0.717) is 16.5 Å². The van der Waals surface area contributed by atoms with Gasteiger partial charge in [0.15, 0.2) is 5.16 Å². The summed E-state index contributed by atoms with van der Waals surface area (Å²) >= 11 is 1.49. The molecule has 0 radical (unpaired) electrons. The lowest BCUT2D eigenvalue weighted by atomic mass is 10.2. The molecule has 3 rings (SSSR count). The maximum absolute atomic E-state index is 12.4. The maximum Gasteiger partial charge on any atom is 0.254 e. The van der Waals surface area contributed by atoms with Crippen molar-refractivity contribution in [1.29, 1.82) is 0 Å². The van der Waals surface area contributed by atoms with E-state index in [1.54, 1.807) is 6.92 Å². The minimum Gasteiger partial charge on any atom is -0.325 e. The molecule has 0 bridgehead atoms. The van der Waals surface area contributed by atoms with Crippen LogP contribution in [0.2, 0.25) is 0 Å². The van der Waals surface area contributed by atoms with Crippen LogP contribution in [0.1, 0.15) is 11.3 Å². The van der Waals surface area contributed by atoms with Gasteiger partial charge in [-0.25, -0.2) is 4.98 Å². The summed E-state index contributed by atoms with van der Waals surface area (Å²) in [7, 11) is 0. The van der Waals surface area contributed by atoms with Gasteiger partial charge in [-0.3, -0.25) is 14.2 Å². The lowest BCUT2D eigenvalue weighted by molar-refractivity contribution is -0.116. The molecular formula is C21H21N3O2S. The Bertz CT molecular complexity index is 956. The van der Waals surface area contributed by atoms with Gasteiger partial charge in [-0.05, 0) is 31.0 Å². The minimum absolute atomic E-state index is 0.0608. The number of para-hydroxylation sites is 1. The fourth-order valence-electron chi connectivity index (χ4n) is 2.62. The van der Waals surface area contributed by atoms with Gasteiger partial charge in [-0.2, -0.15) is 0 Å². The lowest BCUT2D eigenvalue weighted by Gasteiger charge is -2.12. The zero-order valence-corrected chi connectivity index (χ0v) is 15.9. The molecule has 5 nitrogen and oxygen atoms in total. The maximum atomic E-state index is 12.4. The van der Waals surface area contributed by atoms with Crippen LogP contribution < -0.4 is 10.9 Å². The van der Waals surface area contributed by atoms with Gasteiger partial charge in [-0.15, -0.1) is 0 Å². The molecule has 0 saturated carbocycles. The van der Waals surface area contributed by atoms with E-state index in [9.17, 15) is 9.59 Å². The summed E-state index contributed by atoms with van der Waals surface area (Å²) in [6.45, 7) is 1.73. The van der Waals surface area contributed by atoms with Crippen molar-refractivity contribution in [3.05, 3.63) is 88.3 Å². The quantitative estimate of drug-likeness (QED) is 0.504. The average molecular weight is 379 g/mol. The molecule has 2 aromatic carbocycles. The largest absolute Gasteiger partial charge is 0.325 e. The first-order valence-corrected chi connectivity index (χ1v) is 9.70. The Morgan fingerprint density at radius 3 is 2.44 bits per heavy atom. The number of amides is 1. The number of nitrogens with zero attached hydrogens (tertiary/aromatic N) is 2. The van der Waals surface area contributed by atoms with E-state index < -0.39 is 0 Å². The van der Waals surface area contributed by atoms with E-state index in [1.807, 2.05) is 48.5 Å². The minimum atomic E-state index is -0.251. The summed E-state index contributed by atoms with van der Waals surface area (Å²) in [5.74, 6) is 0.527. The molecule has 0 aliphatic rings. The molecule has 1 N–H and O–H groups in total. The summed E-state index contributed by atoms with van der Waals surface area (Å²) in [5, 5.41) is 3.37. The Kier molecular flexibility index (Phi) is 6.44. The molecule has 1 aromatic heterocycles. The van der Waals surface area contributed by atoms with Crippen molar-refractivity contribution in [1.82, 2.24) is 9.55 Å². The molecular weight excluding hydrogens is 358 g/mol. The van der Waals surface area contributed by atoms with Gasteiger partial charge in [0.25, 0.3) is 5.56 Å². The molecule has 3 aromatic rings. The lowest BCUT2D eigenvalue weighted by Crippen LogP contribution is -2.29. The van der Waals surface area contributed by atoms with E-state index in [0.717, 1.165) is 12.2 Å². The molecule has 0 atom stereocenters. The van der Waals surface area contributed by atoms with E-state index in [-0.39, 0.29) is 18.0 Å². The number of carbonyl (C=O) groups is 1. The molecule has 6 heteroatoms. The van der Waals surface area contributed by atoms with Crippen molar-refractivity contribution in [3.63, 3.8) is 0 Å². The first-order chi connectivity index (χ1) is 13.1. The number of hydrogen-bond acceptors (Lipinski definition) is 4. The summed E-state index contributed by atoms with van der Waals surface area (Å²) in [4.78, 5) is 29.2. The third kappa shape index (κ3) is 5.56. The molecule has 138 valence electrons. The second-order valence-electron chi connectivity index (χ2n) is 6.10. The van der Waals surface area contributed by atoms with E-state index >= 15 is 0 Å². The molecule has 0 fully saturated rings. The highest BCUT2D eigenvalue weighted by atomic mass is 32.2. The number of thioether (sulfide) groups is 1. The normalized spacial score (nSPS) is 10.6.